The van der Waals surface area contributed by atoms with Crippen LogP contribution < -0.4 is 4.74 Å². The summed E-state index contributed by atoms with van der Waals surface area (Å²) in [6.07, 6.45) is 0.814. The number of likely N-dealkylation sites (N-methyl/N-ethyl adjacent to an activating group) is 1. The molecule has 0 amide bonds. The van der Waals surface area contributed by atoms with Crippen LogP contribution in [0.5, 0.6) is 5.75 Å². The number of hydrogen-bond donors (Lipinski definition) is 0. The Kier molecular flexibility index (Phi) is 5.63. The molecule has 100 valence electrons. The first kappa shape index (κ1) is 15.0. The molecule has 0 bridgehead atoms. The van der Waals surface area contributed by atoms with Crippen molar-refractivity contribution in [3.05, 3.63) is 28.3 Å². The summed E-state index contributed by atoms with van der Waals surface area (Å²) in [5.74, 6) is 1.06. The first-order chi connectivity index (χ1) is 8.43. The molecule has 0 aliphatic rings. The molecule has 0 N–H and O–H groups in total. The number of carbonyl (C=O) groups is 1. The van der Waals surface area contributed by atoms with E-state index in [9.17, 15) is 4.79 Å². The Bertz CT molecular complexity index is 432. The first-order valence-corrected chi connectivity index (χ1v) is 6.32. The lowest BCUT2D eigenvalue weighted by Gasteiger charge is -2.17. The Labute approximate surface area is 114 Å². The van der Waals surface area contributed by atoms with Crippen LogP contribution in [0.1, 0.15) is 18.1 Å². The number of Topliss-reactive ketones (excluding diaryl/α,β-unsaturated/α-hetero) is 1. The summed E-state index contributed by atoms with van der Waals surface area (Å²) in [5.41, 5.74) is 2.12. The summed E-state index contributed by atoms with van der Waals surface area (Å²) < 4.78 is 5.40. The summed E-state index contributed by atoms with van der Waals surface area (Å²) in [7, 11) is 3.60. The third-order valence-electron chi connectivity index (χ3n) is 2.78. The van der Waals surface area contributed by atoms with E-state index in [1.807, 2.05) is 31.0 Å². The highest BCUT2D eigenvalue weighted by Crippen LogP contribution is 2.27. The van der Waals surface area contributed by atoms with Crippen molar-refractivity contribution in [2.45, 2.75) is 20.3 Å². The van der Waals surface area contributed by atoms with E-state index in [0.29, 0.717) is 6.54 Å². The average molecular weight is 270 g/mol. The Balaban J connectivity index is 2.75. The van der Waals surface area contributed by atoms with Gasteiger partial charge in [0.2, 0.25) is 0 Å². The van der Waals surface area contributed by atoms with E-state index in [2.05, 4.69) is 0 Å². The normalized spacial score (nSPS) is 10.8. The smallest absolute Gasteiger partial charge is 0.143 e. The van der Waals surface area contributed by atoms with Gasteiger partial charge in [-0.15, -0.1) is 0 Å². The Morgan fingerprint density at radius 1 is 1.44 bits per heavy atom. The van der Waals surface area contributed by atoms with Crippen LogP contribution in [0, 0.1) is 6.92 Å². The monoisotopic (exact) mass is 269 g/mol. The van der Waals surface area contributed by atoms with Gasteiger partial charge in [-0.25, -0.2) is 0 Å². The van der Waals surface area contributed by atoms with Crippen molar-refractivity contribution in [2.75, 3.05) is 27.2 Å². The number of ketones is 1. The number of rotatable bonds is 6. The van der Waals surface area contributed by atoms with E-state index < -0.39 is 0 Å². The van der Waals surface area contributed by atoms with Crippen molar-refractivity contribution in [3.63, 3.8) is 0 Å². The van der Waals surface area contributed by atoms with Crippen molar-refractivity contribution in [1.29, 1.82) is 0 Å². The molecule has 1 aromatic rings. The summed E-state index contributed by atoms with van der Waals surface area (Å²) >= 11 is 6.06. The van der Waals surface area contributed by atoms with Gasteiger partial charge in [0.15, 0.2) is 0 Å². The predicted molar refractivity (Wildman–Crippen MR) is 74.6 cm³/mol. The second-order valence-electron chi connectivity index (χ2n) is 4.60. The summed E-state index contributed by atoms with van der Waals surface area (Å²) in [6, 6.07) is 3.82. The maximum absolute atomic E-state index is 11.0. The third-order valence-corrected chi connectivity index (χ3v) is 2.99. The fraction of sp³-hybridized carbons (Fsp3) is 0.500. The number of carbonyl (C=O) groups excluding carboxylic acids is 1. The molecule has 0 fully saturated rings. The molecule has 4 heteroatoms. The lowest BCUT2D eigenvalue weighted by molar-refractivity contribution is -0.117. The molecule has 0 saturated carbocycles. The highest BCUT2D eigenvalue weighted by Gasteiger charge is 2.10. The predicted octanol–water partition coefficient (Wildman–Crippen LogP) is 2.72. The van der Waals surface area contributed by atoms with Crippen LogP contribution in [0.4, 0.5) is 0 Å². The fourth-order valence-electron chi connectivity index (χ4n) is 2.05. The van der Waals surface area contributed by atoms with Gasteiger partial charge >= 0.3 is 0 Å². The Hall–Kier alpha value is -1.06. The highest BCUT2D eigenvalue weighted by molar-refractivity contribution is 6.30. The number of methoxy groups -OCH3 is 1. The van der Waals surface area contributed by atoms with Crippen molar-refractivity contribution in [1.82, 2.24) is 4.90 Å². The van der Waals surface area contributed by atoms with Crippen molar-refractivity contribution in [2.24, 2.45) is 0 Å². The first-order valence-electron chi connectivity index (χ1n) is 5.95. The number of aryl methyl sites for hydroxylation is 1. The summed E-state index contributed by atoms with van der Waals surface area (Å²) in [5, 5.41) is 0.720. The molecule has 0 radical (unpaired) electrons. The standard InChI is InChI=1S/C14H20ClNO2/c1-10-7-13(15)8-12(14(10)18-4)5-6-16(3)9-11(2)17/h7-8H,5-6,9H2,1-4H3. The average Bonchev–Trinajstić information content (AvgIpc) is 2.24. The summed E-state index contributed by atoms with van der Waals surface area (Å²) in [6.45, 7) is 4.85. The zero-order valence-corrected chi connectivity index (χ0v) is 12.2. The topological polar surface area (TPSA) is 29.5 Å². The number of halogens is 1. The van der Waals surface area contributed by atoms with Crippen molar-refractivity contribution in [3.8, 4) is 5.75 Å². The van der Waals surface area contributed by atoms with E-state index >= 15 is 0 Å². The zero-order valence-electron chi connectivity index (χ0n) is 11.4. The molecule has 0 spiro atoms. The molecule has 0 aliphatic carbocycles. The van der Waals surface area contributed by atoms with Crippen LogP contribution in [-0.4, -0.2) is 37.9 Å². The Morgan fingerprint density at radius 3 is 2.67 bits per heavy atom. The largest absolute Gasteiger partial charge is 0.496 e. The SMILES string of the molecule is COc1c(C)cc(Cl)cc1CCN(C)CC(C)=O. The van der Waals surface area contributed by atoms with E-state index in [-0.39, 0.29) is 5.78 Å². The van der Waals surface area contributed by atoms with Crippen molar-refractivity contribution >= 4 is 17.4 Å². The molecule has 0 atom stereocenters. The van der Waals surface area contributed by atoms with E-state index in [0.717, 1.165) is 34.9 Å². The van der Waals surface area contributed by atoms with Gasteiger partial charge < -0.3 is 4.74 Å². The zero-order chi connectivity index (χ0) is 13.7. The van der Waals surface area contributed by atoms with Crippen LogP contribution in [0.25, 0.3) is 0 Å². The van der Waals surface area contributed by atoms with E-state index in [1.54, 1.807) is 14.0 Å². The van der Waals surface area contributed by atoms with Gasteiger partial charge in [-0.3, -0.25) is 9.69 Å². The van der Waals surface area contributed by atoms with Crippen LogP contribution in [-0.2, 0) is 11.2 Å². The number of hydrogen-bond acceptors (Lipinski definition) is 3. The molecule has 1 rings (SSSR count). The van der Waals surface area contributed by atoms with Crippen LogP contribution in [0.15, 0.2) is 12.1 Å². The highest BCUT2D eigenvalue weighted by atomic mass is 35.5. The molecular weight excluding hydrogens is 250 g/mol. The van der Waals surface area contributed by atoms with Crippen LogP contribution in [0.2, 0.25) is 5.02 Å². The van der Waals surface area contributed by atoms with Gasteiger partial charge in [-0.05, 0) is 50.6 Å². The second-order valence-corrected chi connectivity index (χ2v) is 5.04. The van der Waals surface area contributed by atoms with E-state index in [4.69, 9.17) is 16.3 Å². The van der Waals surface area contributed by atoms with Gasteiger partial charge in [-0.2, -0.15) is 0 Å². The molecule has 3 nitrogen and oxygen atoms in total. The minimum Gasteiger partial charge on any atom is -0.496 e. The Morgan fingerprint density at radius 2 is 2.11 bits per heavy atom. The van der Waals surface area contributed by atoms with Gasteiger partial charge in [0.25, 0.3) is 0 Å². The van der Waals surface area contributed by atoms with Crippen LogP contribution >= 0.6 is 11.6 Å². The maximum Gasteiger partial charge on any atom is 0.143 e. The summed E-state index contributed by atoms with van der Waals surface area (Å²) in [4.78, 5) is 13.0. The minimum atomic E-state index is 0.173. The molecule has 0 aliphatic heterocycles. The lowest BCUT2D eigenvalue weighted by Crippen LogP contribution is -2.26. The van der Waals surface area contributed by atoms with Gasteiger partial charge in [0.1, 0.15) is 11.5 Å². The molecule has 1 aromatic carbocycles. The number of nitrogens with zero attached hydrogens (tertiary/aromatic N) is 1. The third kappa shape index (κ3) is 4.31. The quantitative estimate of drug-likeness (QED) is 0.795. The lowest BCUT2D eigenvalue weighted by atomic mass is 10.1. The molecule has 0 unspecified atom stereocenters. The number of benzene rings is 1. The van der Waals surface area contributed by atoms with E-state index in [1.165, 1.54) is 0 Å². The molecular formula is C14H20ClNO2. The molecule has 18 heavy (non-hydrogen) atoms. The molecule has 0 saturated heterocycles. The molecule has 0 heterocycles. The van der Waals surface area contributed by atoms with Crippen LogP contribution in [0.3, 0.4) is 0 Å². The number of ether oxygens (including phenoxy) is 1. The second kappa shape index (κ2) is 6.76. The van der Waals surface area contributed by atoms with Gasteiger partial charge in [0, 0.05) is 11.6 Å². The molecule has 0 aromatic heterocycles. The van der Waals surface area contributed by atoms with Gasteiger partial charge in [-0.1, -0.05) is 11.6 Å². The minimum absolute atomic E-state index is 0.173. The maximum atomic E-state index is 11.0. The van der Waals surface area contributed by atoms with Gasteiger partial charge in [0.05, 0.1) is 13.7 Å². The fourth-order valence-corrected chi connectivity index (χ4v) is 2.34. The van der Waals surface area contributed by atoms with Crippen molar-refractivity contribution < 1.29 is 9.53 Å².